The molecule has 0 radical (unpaired) electrons. The van der Waals surface area contributed by atoms with E-state index in [0.29, 0.717) is 36.5 Å². The smallest absolute Gasteiger partial charge is 0.224 e. The van der Waals surface area contributed by atoms with Crippen LogP contribution in [0, 0.1) is 0 Å². The quantitative estimate of drug-likeness (QED) is 0.716. The molecular formula is C12H21ClN4O2. The monoisotopic (exact) mass is 288 g/mol. The van der Waals surface area contributed by atoms with Gasteiger partial charge in [0.15, 0.2) is 5.82 Å². The number of nitrogens with zero attached hydrogens (tertiary/aromatic N) is 3. The van der Waals surface area contributed by atoms with Gasteiger partial charge in [-0.15, -0.1) is 0 Å². The van der Waals surface area contributed by atoms with Crippen molar-refractivity contribution in [1.29, 1.82) is 0 Å². The number of aliphatic hydroxyl groups is 1. The topological polar surface area (TPSA) is 70.5 Å². The molecule has 2 N–H and O–H groups in total. The third kappa shape index (κ3) is 5.18. The second-order valence-corrected chi connectivity index (χ2v) is 4.40. The molecule has 0 atom stereocenters. The summed E-state index contributed by atoms with van der Waals surface area (Å²) in [5.74, 6) is 1.16. The largest absolute Gasteiger partial charge is 0.395 e. The van der Waals surface area contributed by atoms with Crippen LogP contribution in [0.1, 0.15) is 13.3 Å². The SMILES string of the molecule is CCCNc1ncc(Cl)c(N(CCO)CCOC)n1. The number of anilines is 2. The van der Waals surface area contributed by atoms with Gasteiger partial charge in [0.05, 0.1) is 19.4 Å². The molecule has 1 rings (SSSR count). The summed E-state index contributed by atoms with van der Waals surface area (Å²) >= 11 is 6.12. The van der Waals surface area contributed by atoms with Crippen LogP contribution < -0.4 is 10.2 Å². The number of rotatable bonds is 9. The Labute approximate surface area is 118 Å². The van der Waals surface area contributed by atoms with E-state index in [9.17, 15) is 0 Å². The zero-order chi connectivity index (χ0) is 14.1. The van der Waals surface area contributed by atoms with Crippen molar-refractivity contribution in [3.8, 4) is 0 Å². The van der Waals surface area contributed by atoms with Crippen LogP contribution in [0.15, 0.2) is 6.20 Å². The van der Waals surface area contributed by atoms with Crippen molar-refractivity contribution in [2.75, 3.05) is 50.2 Å². The van der Waals surface area contributed by atoms with Crippen molar-refractivity contribution in [2.45, 2.75) is 13.3 Å². The van der Waals surface area contributed by atoms with Crippen molar-refractivity contribution in [3.63, 3.8) is 0 Å². The maximum atomic E-state index is 9.11. The molecular weight excluding hydrogens is 268 g/mol. The number of ether oxygens (including phenoxy) is 1. The number of nitrogens with one attached hydrogen (secondary N) is 1. The van der Waals surface area contributed by atoms with Crippen molar-refractivity contribution in [3.05, 3.63) is 11.2 Å². The first kappa shape index (κ1) is 15.9. The molecule has 0 aromatic carbocycles. The lowest BCUT2D eigenvalue weighted by Gasteiger charge is -2.23. The predicted octanol–water partition coefficient (Wildman–Crippen LogP) is 1.40. The van der Waals surface area contributed by atoms with Crippen molar-refractivity contribution in [1.82, 2.24) is 9.97 Å². The number of aliphatic hydroxyl groups excluding tert-OH is 1. The highest BCUT2D eigenvalue weighted by Gasteiger charge is 2.13. The summed E-state index contributed by atoms with van der Waals surface area (Å²) < 4.78 is 5.05. The van der Waals surface area contributed by atoms with Crippen LogP contribution in [-0.4, -0.2) is 55.0 Å². The zero-order valence-electron chi connectivity index (χ0n) is 11.4. The van der Waals surface area contributed by atoms with E-state index >= 15 is 0 Å². The molecule has 7 heteroatoms. The molecule has 0 amide bonds. The van der Waals surface area contributed by atoms with E-state index < -0.39 is 0 Å². The summed E-state index contributed by atoms with van der Waals surface area (Å²) in [5, 5.41) is 12.7. The van der Waals surface area contributed by atoms with E-state index in [4.69, 9.17) is 21.4 Å². The molecule has 6 nitrogen and oxygen atoms in total. The highest BCUT2D eigenvalue weighted by molar-refractivity contribution is 6.32. The van der Waals surface area contributed by atoms with Crippen molar-refractivity contribution in [2.24, 2.45) is 0 Å². The molecule has 0 aliphatic carbocycles. The Kier molecular flexibility index (Phi) is 7.47. The molecule has 1 heterocycles. The maximum Gasteiger partial charge on any atom is 0.224 e. The van der Waals surface area contributed by atoms with E-state index in [1.54, 1.807) is 13.3 Å². The molecule has 0 aliphatic rings. The number of hydrogen-bond donors (Lipinski definition) is 2. The average molecular weight is 289 g/mol. The highest BCUT2D eigenvalue weighted by Crippen LogP contribution is 2.23. The Morgan fingerprint density at radius 1 is 1.47 bits per heavy atom. The number of methoxy groups -OCH3 is 1. The van der Waals surface area contributed by atoms with E-state index in [2.05, 4.69) is 22.2 Å². The molecule has 0 saturated heterocycles. The fraction of sp³-hybridized carbons (Fsp3) is 0.667. The minimum absolute atomic E-state index is 0.0295. The molecule has 108 valence electrons. The van der Waals surface area contributed by atoms with Crippen LogP contribution in [0.3, 0.4) is 0 Å². The van der Waals surface area contributed by atoms with Gasteiger partial charge in [-0.1, -0.05) is 18.5 Å². The molecule has 19 heavy (non-hydrogen) atoms. The number of hydrogen-bond acceptors (Lipinski definition) is 6. The fourth-order valence-corrected chi connectivity index (χ4v) is 1.76. The van der Waals surface area contributed by atoms with Gasteiger partial charge in [0, 0.05) is 26.7 Å². The third-order valence-electron chi connectivity index (χ3n) is 2.49. The molecule has 0 unspecified atom stereocenters. The average Bonchev–Trinajstić information content (AvgIpc) is 2.43. The Balaban J connectivity index is 2.86. The molecule has 1 aromatic heterocycles. The summed E-state index contributed by atoms with van der Waals surface area (Å²) in [7, 11) is 1.63. The van der Waals surface area contributed by atoms with E-state index in [0.717, 1.165) is 13.0 Å². The zero-order valence-corrected chi connectivity index (χ0v) is 12.2. The van der Waals surface area contributed by atoms with Gasteiger partial charge >= 0.3 is 0 Å². The van der Waals surface area contributed by atoms with Crippen LogP contribution in [-0.2, 0) is 4.74 Å². The maximum absolute atomic E-state index is 9.11. The summed E-state index contributed by atoms with van der Waals surface area (Å²) in [6, 6.07) is 0. The second-order valence-electron chi connectivity index (χ2n) is 4.00. The molecule has 1 aromatic rings. The van der Waals surface area contributed by atoms with Gasteiger partial charge in [-0.3, -0.25) is 0 Å². The van der Waals surface area contributed by atoms with Crippen LogP contribution >= 0.6 is 11.6 Å². The van der Waals surface area contributed by atoms with Crippen LogP contribution in [0.4, 0.5) is 11.8 Å². The molecule has 0 bridgehead atoms. The standard InChI is InChI=1S/C12H21ClN4O2/c1-3-4-14-12-15-9-10(13)11(16-12)17(5-7-18)6-8-19-2/h9,18H,3-8H2,1-2H3,(H,14,15,16). The first-order valence-corrected chi connectivity index (χ1v) is 6.71. The molecule has 0 fully saturated rings. The molecule has 0 aliphatic heterocycles. The summed E-state index contributed by atoms with van der Waals surface area (Å²) in [6.45, 7) is 4.51. The van der Waals surface area contributed by atoms with E-state index in [1.807, 2.05) is 4.90 Å². The Bertz CT molecular complexity index is 379. The lowest BCUT2D eigenvalue weighted by Crippen LogP contribution is -2.31. The normalized spacial score (nSPS) is 10.5. The van der Waals surface area contributed by atoms with Gasteiger partial charge < -0.3 is 20.1 Å². The molecule has 0 spiro atoms. The van der Waals surface area contributed by atoms with Crippen LogP contribution in [0.5, 0.6) is 0 Å². The first-order chi connectivity index (χ1) is 9.22. The van der Waals surface area contributed by atoms with Gasteiger partial charge in [-0.2, -0.15) is 4.98 Å². The Morgan fingerprint density at radius 2 is 2.26 bits per heavy atom. The summed E-state index contributed by atoms with van der Waals surface area (Å²) in [4.78, 5) is 10.4. The number of halogens is 1. The van der Waals surface area contributed by atoms with Crippen molar-refractivity contribution < 1.29 is 9.84 Å². The minimum Gasteiger partial charge on any atom is -0.395 e. The summed E-state index contributed by atoms with van der Waals surface area (Å²) in [5.41, 5.74) is 0. The lowest BCUT2D eigenvalue weighted by molar-refractivity contribution is 0.202. The van der Waals surface area contributed by atoms with Gasteiger partial charge in [-0.25, -0.2) is 4.98 Å². The van der Waals surface area contributed by atoms with Crippen molar-refractivity contribution >= 4 is 23.4 Å². The van der Waals surface area contributed by atoms with Crippen LogP contribution in [0.2, 0.25) is 5.02 Å². The Hall–Kier alpha value is -1.11. The van der Waals surface area contributed by atoms with E-state index in [1.165, 1.54) is 0 Å². The fourth-order valence-electron chi connectivity index (χ4n) is 1.55. The van der Waals surface area contributed by atoms with Crippen LogP contribution in [0.25, 0.3) is 0 Å². The van der Waals surface area contributed by atoms with Gasteiger partial charge in [0.1, 0.15) is 5.02 Å². The van der Waals surface area contributed by atoms with Gasteiger partial charge in [-0.05, 0) is 6.42 Å². The van der Waals surface area contributed by atoms with Gasteiger partial charge in [0.2, 0.25) is 5.95 Å². The third-order valence-corrected chi connectivity index (χ3v) is 2.76. The Morgan fingerprint density at radius 3 is 2.89 bits per heavy atom. The number of aromatic nitrogens is 2. The second kappa shape index (κ2) is 8.90. The first-order valence-electron chi connectivity index (χ1n) is 6.34. The lowest BCUT2D eigenvalue weighted by atomic mass is 10.4. The molecule has 0 saturated carbocycles. The highest BCUT2D eigenvalue weighted by atomic mass is 35.5. The van der Waals surface area contributed by atoms with E-state index in [-0.39, 0.29) is 6.61 Å². The minimum atomic E-state index is 0.0295. The van der Waals surface area contributed by atoms with Gasteiger partial charge in [0.25, 0.3) is 0 Å². The summed E-state index contributed by atoms with van der Waals surface area (Å²) in [6.07, 6.45) is 2.56. The predicted molar refractivity (Wildman–Crippen MR) is 77.0 cm³/mol.